The Bertz CT molecular complexity index is 615. The number of benzene rings is 1. The highest BCUT2D eigenvalue weighted by Gasteiger charge is 2.41. The quantitative estimate of drug-likeness (QED) is 0.541. The minimum atomic E-state index is -0.530. The molecule has 2 rings (SSSR count). The number of rotatable bonds is 11. The van der Waals surface area contributed by atoms with E-state index in [1.54, 1.807) is 7.11 Å². The molecule has 1 aliphatic rings. The average molecular weight is 416 g/mol. The van der Waals surface area contributed by atoms with Gasteiger partial charge in [0.05, 0.1) is 25.9 Å². The van der Waals surface area contributed by atoms with Crippen LogP contribution in [-0.4, -0.2) is 67.8 Å². The summed E-state index contributed by atoms with van der Waals surface area (Å²) >= 11 is 6.52. The Morgan fingerprint density at radius 1 is 1.21 bits per heavy atom. The Kier molecular flexibility index (Phi) is 9.31. The number of ether oxygens (including phenoxy) is 3. The van der Waals surface area contributed by atoms with E-state index in [9.17, 15) is 10.2 Å². The van der Waals surface area contributed by atoms with E-state index in [0.717, 1.165) is 24.9 Å². The van der Waals surface area contributed by atoms with Crippen molar-refractivity contribution in [3.05, 3.63) is 22.7 Å². The first kappa shape index (κ1) is 23.2. The molecule has 6 nitrogen and oxygen atoms in total. The Morgan fingerprint density at radius 3 is 2.50 bits per heavy atom. The van der Waals surface area contributed by atoms with Crippen molar-refractivity contribution < 1.29 is 24.4 Å². The van der Waals surface area contributed by atoms with E-state index in [4.69, 9.17) is 25.8 Å². The summed E-state index contributed by atoms with van der Waals surface area (Å²) in [5.74, 6) is 1.34. The van der Waals surface area contributed by atoms with Crippen LogP contribution in [0.25, 0.3) is 0 Å². The third kappa shape index (κ3) is 5.74. The van der Waals surface area contributed by atoms with E-state index in [-0.39, 0.29) is 6.61 Å². The van der Waals surface area contributed by atoms with Gasteiger partial charge in [0, 0.05) is 49.9 Å². The lowest BCUT2D eigenvalue weighted by molar-refractivity contribution is -0.0843. The van der Waals surface area contributed by atoms with Crippen LogP contribution in [0.3, 0.4) is 0 Å². The van der Waals surface area contributed by atoms with Gasteiger partial charge in [-0.25, -0.2) is 0 Å². The van der Waals surface area contributed by atoms with Gasteiger partial charge in [-0.15, -0.1) is 0 Å². The van der Waals surface area contributed by atoms with Crippen molar-refractivity contribution >= 4 is 11.6 Å². The van der Waals surface area contributed by atoms with Gasteiger partial charge in [0.15, 0.2) is 11.5 Å². The molecule has 1 fully saturated rings. The van der Waals surface area contributed by atoms with Crippen molar-refractivity contribution in [2.75, 3.05) is 46.6 Å². The average Bonchev–Trinajstić information content (AvgIpc) is 2.68. The molecule has 0 unspecified atom stereocenters. The van der Waals surface area contributed by atoms with Crippen LogP contribution in [0.2, 0.25) is 5.02 Å². The summed E-state index contributed by atoms with van der Waals surface area (Å²) in [6, 6.07) is 3.75. The lowest BCUT2D eigenvalue weighted by Gasteiger charge is -2.45. The number of hydrogen-bond acceptors (Lipinski definition) is 6. The molecule has 2 atom stereocenters. The maximum atomic E-state index is 10.6. The molecule has 0 spiro atoms. The van der Waals surface area contributed by atoms with E-state index in [2.05, 4.69) is 4.90 Å². The first-order valence-electron chi connectivity index (χ1n) is 10.1. The predicted octanol–water partition coefficient (Wildman–Crippen LogP) is 3.11. The van der Waals surface area contributed by atoms with Crippen LogP contribution in [-0.2, 0) is 11.3 Å². The van der Waals surface area contributed by atoms with Crippen molar-refractivity contribution in [3.8, 4) is 11.5 Å². The molecule has 160 valence electrons. The largest absolute Gasteiger partial charge is 0.490 e. The van der Waals surface area contributed by atoms with E-state index >= 15 is 0 Å². The van der Waals surface area contributed by atoms with Gasteiger partial charge in [-0.1, -0.05) is 11.6 Å². The normalized spacial score (nSPS) is 23.0. The predicted molar refractivity (Wildman–Crippen MR) is 110 cm³/mol. The van der Waals surface area contributed by atoms with Crippen LogP contribution in [0.5, 0.6) is 11.5 Å². The van der Waals surface area contributed by atoms with Gasteiger partial charge >= 0.3 is 0 Å². The summed E-state index contributed by atoms with van der Waals surface area (Å²) in [5, 5.41) is 21.3. The monoisotopic (exact) mass is 415 g/mol. The van der Waals surface area contributed by atoms with E-state index in [1.165, 1.54) is 0 Å². The van der Waals surface area contributed by atoms with Gasteiger partial charge in [-0.3, -0.25) is 4.90 Å². The van der Waals surface area contributed by atoms with Crippen LogP contribution in [0.4, 0.5) is 0 Å². The molecule has 7 heteroatoms. The fourth-order valence-electron chi connectivity index (χ4n) is 3.90. The number of nitrogens with zero attached hydrogens (tertiary/aromatic N) is 1. The number of aliphatic hydroxyl groups is 2. The van der Waals surface area contributed by atoms with Crippen molar-refractivity contribution in [3.63, 3.8) is 0 Å². The van der Waals surface area contributed by atoms with Gasteiger partial charge in [0.25, 0.3) is 0 Å². The topological polar surface area (TPSA) is 71.4 Å². The molecule has 1 aromatic rings. The number of halogens is 1. The summed E-state index contributed by atoms with van der Waals surface area (Å²) in [7, 11) is 1.67. The molecule has 0 radical (unpaired) electrons. The van der Waals surface area contributed by atoms with Gasteiger partial charge < -0.3 is 24.4 Å². The Hall–Kier alpha value is -1.05. The van der Waals surface area contributed by atoms with Crippen LogP contribution in [0, 0.1) is 5.41 Å². The van der Waals surface area contributed by atoms with Crippen molar-refractivity contribution in [2.24, 2.45) is 5.41 Å². The second-order valence-electron chi connectivity index (χ2n) is 7.39. The van der Waals surface area contributed by atoms with Crippen LogP contribution in [0.1, 0.15) is 38.7 Å². The van der Waals surface area contributed by atoms with Gasteiger partial charge in [0.1, 0.15) is 0 Å². The molecule has 1 heterocycles. The van der Waals surface area contributed by atoms with E-state index < -0.39 is 11.5 Å². The summed E-state index contributed by atoms with van der Waals surface area (Å²) in [6.07, 6.45) is 1.64. The Labute approximate surface area is 173 Å². The molecule has 0 saturated carbocycles. The van der Waals surface area contributed by atoms with Crippen molar-refractivity contribution in [1.82, 2.24) is 4.90 Å². The molecule has 1 aromatic carbocycles. The first-order chi connectivity index (χ1) is 13.5. The smallest absolute Gasteiger partial charge is 0.162 e. The molecule has 0 bridgehead atoms. The molecule has 28 heavy (non-hydrogen) atoms. The van der Waals surface area contributed by atoms with Gasteiger partial charge in [-0.05, 0) is 44.7 Å². The minimum absolute atomic E-state index is 0.0460. The minimum Gasteiger partial charge on any atom is -0.490 e. The molecular formula is C21H34ClNO5. The highest BCUT2D eigenvalue weighted by molar-refractivity contribution is 6.31. The highest BCUT2D eigenvalue weighted by Crippen LogP contribution is 2.38. The molecule has 1 aliphatic heterocycles. The molecule has 0 aliphatic carbocycles. The highest BCUT2D eigenvalue weighted by atomic mass is 35.5. The SMILES string of the molecule is CCOc1cc(Cl)c(CN2CC[C@@H](O)[C@@](CO)(CCCOC)C2)cc1OCC. The van der Waals surface area contributed by atoms with E-state index in [1.807, 2.05) is 26.0 Å². The van der Waals surface area contributed by atoms with Crippen LogP contribution in [0.15, 0.2) is 12.1 Å². The molecule has 1 saturated heterocycles. The number of likely N-dealkylation sites (tertiary alicyclic amines) is 1. The second-order valence-corrected chi connectivity index (χ2v) is 7.80. The van der Waals surface area contributed by atoms with Crippen molar-refractivity contribution in [1.29, 1.82) is 0 Å². The second kappa shape index (κ2) is 11.2. The fourth-order valence-corrected chi connectivity index (χ4v) is 4.11. The number of methoxy groups -OCH3 is 1. The maximum Gasteiger partial charge on any atom is 0.162 e. The van der Waals surface area contributed by atoms with Crippen LogP contribution < -0.4 is 9.47 Å². The lowest BCUT2D eigenvalue weighted by atomic mass is 9.74. The number of aliphatic hydroxyl groups excluding tert-OH is 2. The molecular weight excluding hydrogens is 382 g/mol. The maximum absolute atomic E-state index is 10.6. The summed E-state index contributed by atoms with van der Waals surface area (Å²) < 4.78 is 16.5. The van der Waals surface area contributed by atoms with Gasteiger partial charge in [0.2, 0.25) is 0 Å². The lowest BCUT2D eigenvalue weighted by Crippen LogP contribution is -2.53. The third-order valence-corrected chi connectivity index (χ3v) is 5.76. The standard InChI is InChI=1S/C21H34ClNO5/c1-4-27-18-11-16(17(22)12-19(18)28-5-2)13-23-9-7-20(25)21(14-23,15-24)8-6-10-26-3/h11-12,20,24-25H,4-10,13-15H2,1-3H3/t20-,21+/m1/s1. The number of hydrogen-bond donors (Lipinski definition) is 2. The zero-order valence-corrected chi connectivity index (χ0v) is 18.0. The summed E-state index contributed by atoms with van der Waals surface area (Å²) in [4.78, 5) is 2.24. The zero-order valence-electron chi connectivity index (χ0n) is 17.2. The Morgan fingerprint density at radius 2 is 1.89 bits per heavy atom. The number of piperidine rings is 1. The zero-order chi connectivity index (χ0) is 20.6. The van der Waals surface area contributed by atoms with Crippen LogP contribution >= 0.6 is 11.6 Å². The molecule has 0 amide bonds. The molecule has 0 aromatic heterocycles. The first-order valence-corrected chi connectivity index (χ1v) is 10.5. The summed E-state index contributed by atoms with van der Waals surface area (Å²) in [6.45, 7) is 7.52. The fraction of sp³-hybridized carbons (Fsp3) is 0.714. The van der Waals surface area contributed by atoms with Crippen molar-refractivity contribution in [2.45, 2.75) is 45.8 Å². The molecule has 2 N–H and O–H groups in total. The third-order valence-electron chi connectivity index (χ3n) is 5.41. The van der Waals surface area contributed by atoms with Gasteiger partial charge in [-0.2, -0.15) is 0 Å². The Balaban J connectivity index is 2.16. The summed E-state index contributed by atoms with van der Waals surface area (Å²) in [5.41, 5.74) is 0.422. The van der Waals surface area contributed by atoms with E-state index in [0.29, 0.717) is 55.9 Å².